The van der Waals surface area contributed by atoms with Crippen molar-refractivity contribution in [2.24, 2.45) is 0 Å². The maximum Gasteiger partial charge on any atom is 0.410 e. The minimum Gasteiger partial charge on any atom is -0.444 e. The highest BCUT2D eigenvalue weighted by Gasteiger charge is 2.47. The topological polar surface area (TPSA) is 115 Å². The fourth-order valence-corrected chi connectivity index (χ4v) is 6.95. The summed E-state index contributed by atoms with van der Waals surface area (Å²) >= 11 is 0. The molecular weight excluding hydrogens is 477 g/mol. The first-order chi connectivity index (χ1) is 15.2. The number of nitrogens with zero attached hydrogens (tertiary/aromatic N) is 1. The minimum absolute atomic E-state index is 0.00544. The molecule has 0 aromatic carbocycles. The van der Waals surface area contributed by atoms with Gasteiger partial charge in [-0.15, -0.1) is 0 Å². The number of hydrogen-bond acceptors (Lipinski definition) is 8. The summed E-state index contributed by atoms with van der Waals surface area (Å²) in [6, 6.07) is 0. The molecule has 0 aromatic rings. The molecule has 1 saturated heterocycles. The lowest BCUT2D eigenvalue weighted by molar-refractivity contribution is -0.0135. The number of rotatable bonds is 11. The van der Waals surface area contributed by atoms with E-state index in [1.807, 2.05) is 26.9 Å². The van der Waals surface area contributed by atoms with Crippen molar-refractivity contribution < 1.29 is 37.8 Å². The largest absolute Gasteiger partial charge is 0.444 e. The van der Waals surface area contributed by atoms with Crippen molar-refractivity contribution in [1.82, 2.24) is 4.90 Å². The number of aliphatic hydroxyl groups is 1. The Labute approximate surface area is 207 Å². The molecule has 1 unspecified atom stereocenters. The van der Waals surface area contributed by atoms with Gasteiger partial charge in [0.15, 0.2) is 8.32 Å². The Balaban J connectivity index is 3.10. The van der Waals surface area contributed by atoms with E-state index < -0.39 is 50.5 Å². The fraction of sp³-hybridized carbons (Fsp3) is 0.957. The van der Waals surface area contributed by atoms with Gasteiger partial charge < -0.3 is 33.3 Å². The monoisotopic (exact) mass is 525 g/mol. The van der Waals surface area contributed by atoms with E-state index in [-0.39, 0.29) is 31.9 Å². The lowest BCUT2D eigenvalue weighted by Gasteiger charge is -2.40. The van der Waals surface area contributed by atoms with Crippen LogP contribution in [0.1, 0.15) is 68.7 Å². The van der Waals surface area contributed by atoms with Crippen LogP contribution in [0, 0.1) is 0 Å². The van der Waals surface area contributed by atoms with Gasteiger partial charge in [0.25, 0.3) is 0 Å². The van der Waals surface area contributed by atoms with Crippen LogP contribution in [0.3, 0.4) is 0 Å². The van der Waals surface area contributed by atoms with E-state index in [4.69, 9.17) is 18.5 Å². The highest BCUT2D eigenvalue weighted by atomic mass is 31.2. The van der Waals surface area contributed by atoms with Crippen LogP contribution in [0.2, 0.25) is 18.1 Å². The van der Waals surface area contributed by atoms with Gasteiger partial charge in [-0.2, -0.15) is 0 Å². The van der Waals surface area contributed by atoms with Crippen LogP contribution in [0.25, 0.3) is 0 Å². The number of aliphatic hydroxyl groups excluding tert-OH is 1. The SMILES string of the molecule is CC(C)OP(=O)(OC(C)C)C(CO[C@H]1CN(C(=O)OC(C)(C)C)C[C@@H]1O)CC(C)(C)[Si](C)(C)O. The highest BCUT2D eigenvalue weighted by Crippen LogP contribution is 2.59. The first-order valence-electron chi connectivity index (χ1n) is 12.1. The molecule has 0 bridgehead atoms. The molecule has 2 N–H and O–H groups in total. The molecule has 9 nitrogen and oxygen atoms in total. The van der Waals surface area contributed by atoms with E-state index in [0.29, 0.717) is 6.42 Å². The zero-order valence-corrected chi connectivity index (χ0v) is 24.8. The first-order valence-corrected chi connectivity index (χ1v) is 16.7. The molecule has 1 rings (SSSR count). The molecular formula is C23H48NO8PSi. The smallest absolute Gasteiger partial charge is 0.410 e. The second-order valence-electron chi connectivity index (χ2n) is 12.0. The standard InChI is InChI=1S/C23H48NO8PSi/c1-16(2)31-33(27,32-17(3)4)18(12-23(8,9)34(10,11)28)15-29-20-14-24(13-19(20)25)21(26)30-22(5,6)7/h16-20,25,28H,12-15H2,1-11H3/t18?,19-,20-/m0/s1. The van der Waals surface area contributed by atoms with Gasteiger partial charge in [0, 0.05) is 0 Å². The maximum absolute atomic E-state index is 14.0. The van der Waals surface area contributed by atoms with Gasteiger partial charge in [-0.05, 0) is 73.0 Å². The van der Waals surface area contributed by atoms with Crippen LogP contribution in [0.5, 0.6) is 0 Å². The number of carbonyl (C=O) groups excluding carboxylic acids is 1. The maximum atomic E-state index is 14.0. The number of β-amino-alcohol motifs (C(OH)–C–C–N with tert-alkyl or cyclic N) is 1. The molecule has 0 spiro atoms. The number of likely N-dealkylation sites (tertiary alicyclic amines) is 1. The summed E-state index contributed by atoms with van der Waals surface area (Å²) in [7, 11) is -6.28. The van der Waals surface area contributed by atoms with E-state index in [1.54, 1.807) is 48.5 Å². The normalized spacial score (nSPS) is 21.4. The van der Waals surface area contributed by atoms with Gasteiger partial charge in [0.05, 0.1) is 43.7 Å². The number of ether oxygens (including phenoxy) is 2. The molecule has 0 radical (unpaired) electrons. The van der Waals surface area contributed by atoms with E-state index in [1.165, 1.54) is 4.90 Å². The Hall–Kier alpha value is -0.483. The molecule has 11 heteroatoms. The van der Waals surface area contributed by atoms with Crippen LogP contribution in [-0.4, -0.2) is 84.6 Å². The van der Waals surface area contributed by atoms with E-state index in [2.05, 4.69) is 0 Å². The fourth-order valence-electron chi connectivity index (χ4n) is 3.52. The number of hydrogen-bond donors (Lipinski definition) is 2. The molecule has 202 valence electrons. The summed E-state index contributed by atoms with van der Waals surface area (Å²) in [5.41, 5.74) is -1.30. The Bertz CT molecular complexity index is 703. The summed E-state index contributed by atoms with van der Waals surface area (Å²) < 4.78 is 37.2. The quantitative estimate of drug-likeness (QED) is 0.293. The molecule has 3 atom stereocenters. The lowest BCUT2D eigenvalue weighted by Crippen LogP contribution is -2.42. The highest BCUT2D eigenvalue weighted by molar-refractivity contribution is 7.54. The lowest BCUT2D eigenvalue weighted by atomic mass is 10.1. The minimum atomic E-state index is -3.65. The van der Waals surface area contributed by atoms with Crippen molar-refractivity contribution in [2.45, 2.75) is 123 Å². The summed E-state index contributed by atoms with van der Waals surface area (Å²) in [5.74, 6) is 0. The molecule has 1 amide bonds. The van der Waals surface area contributed by atoms with E-state index in [0.717, 1.165) is 0 Å². The van der Waals surface area contributed by atoms with Gasteiger partial charge in [0.1, 0.15) is 11.7 Å². The average Bonchev–Trinajstić information content (AvgIpc) is 2.95. The van der Waals surface area contributed by atoms with Crippen LogP contribution in [-0.2, 0) is 23.1 Å². The summed E-state index contributed by atoms with van der Waals surface area (Å²) in [4.78, 5) is 24.7. The molecule has 1 aliphatic rings. The van der Waals surface area contributed by atoms with Crippen molar-refractivity contribution in [3.8, 4) is 0 Å². The molecule has 1 heterocycles. The van der Waals surface area contributed by atoms with Gasteiger partial charge in [-0.3, -0.25) is 4.57 Å². The second kappa shape index (κ2) is 11.7. The van der Waals surface area contributed by atoms with Gasteiger partial charge >= 0.3 is 13.7 Å². The van der Waals surface area contributed by atoms with Gasteiger partial charge in [-0.25, -0.2) is 4.79 Å². The predicted octanol–water partition coefficient (Wildman–Crippen LogP) is 4.76. The molecule has 0 aliphatic carbocycles. The third kappa shape index (κ3) is 9.52. The van der Waals surface area contributed by atoms with E-state index in [9.17, 15) is 19.3 Å². The number of carbonyl (C=O) groups is 1. The Kier molecular flexibility index (Phi) is 10.9. The van der Waals surface area contributed by atoms with Crippen LogP contribution >= 0.6 is 7.60 Å². The molecule has 0 saturated carbocycles. The summed E-state index contributed by atoms with van der Waals surface area (Å²) in [6.07, 6.45) is -2.40. The Morgan fingerprint density at radius 2 is 1.56 bits per heavy atom. The van der Waals surface area contributed by atoms with Gasteiger partial charge in [0.2, 0.25) is 0 Å². The van der Waals surface area contributed by atoms with Crippen LogP contribution in [0.4, 0.5) is 4.79 Å². The third-order valence-electron chi connectivity index (χ3n) is 5.96. The van der Waals surface area contributed by atoms with Crippen molar-refractivity contribution in [3.63, 3.8) is 0 Å². The average molecular weight is 526 g/mol. The number of amides is 1. The predicted molar refractivity (Wildman–Crippen MR) is 136 cm³/mol. The Morgan fingerprint density at radius 3 is 1.97 bits per heavy atom. The van der Waals surface area contributed by atoms with Crippen molar-refractivity contribution in [2.75, 3.05) is 19.7 Å². The first kappa shape index (κ1) is 31.5. The molecule has 34 heavy (non-hydrogen) atoms. The summed E-state index contributed by atoms with van der Waals surface area (Å²) in [6.45, 7) is 20.4. The third-order valence-corrected chi connectivity index (χ3v) is 12.1. The Morgan fingerprint density at radius 1 is 1.06 bits per heavy atom. The molecule has 1 aliphatic heterocycles. The van der Waals surface area contributed by atoms with Crippen molar-refractivity contribution in [1.29, 1.82) is 0 Å². The second-order valence-corrected chi connectivity index (χ2v) is 18.7. The molecule has 0 aromatic heterocycles. The van der Waals surface area contributed by atoms with Crippen molar-refractivity contribution >= 4 is 22.0 Å². The van der Waals surface area contributed by atoms with Crippen LogP contribution in [0.15, 0.2) is 0 Å². The zero-order chi connectivity index (χ0) is 26.7. The zero-order valence-electron chi connectivity index (χ0n) is 23.0. The summed E-state index contributed by atoms with van der Waals surface area (Å²) in [5, 5.41) is 10.0. The van der Waals surface area contributed by atoms with Crippen molar-refractivity contribution in [3.05, 3.63) is 0 Å². The molecule has 1 fully saturated rings. The van der Waals surface area contributed by atoms with Crippen LogP contribution < -0.4 is 0 Å². The van der Waals surface area contributed by atoms with Gasteiger partial charge in [-0.1, -0.05) is 13.8 Å². The van der Waals surface area contributed by atoms with E-state index >= 15 is 0 Å².